The number of nitrogen functional groups attached to an aromatic ring is 1. The SMILES string of the molecule is Cc1nn(C)c(C)c1NS(=O)(=O)c1ccc(F)cc1N. The molecule has 0 fully saturated rings. The first kappa shape index (κ1) is 14.3. The third kappa shape index (κ3) is 2.46. The smallest absolute Gasteiger partial charge is 0.264 e. The van der Waals surface area contributed by atoms with Crippen LogP contribution in [0.25, 0.3) is 0 Å². The summed E-state index contributed by atoms with van der Waals surface area (Å²) in [4.78, 5) is -0.165. The normalized spacial score (nSPS) is 11.6. The van der Waals surface area contributed by atoms with Crippen molar-refractivity contribution < 1.29 is 12.8 Å². The van der Waals surface area contributed by atoms with E-state index >= 15 is 0 Å². The lowest BCUT2D eigenvalue weighted by atomic mass is 10.3. The Morgan fingerprint density at radius 1 is 1.35 bits per heavy atom. The minimum absolute atomic E-state index is 0.142. The van der Waals surface area contributed by atoms with Crippen molar-refractivity contribution in [1.82, 2.24) is 9.78 Å². The molecule has 20 heavy (non-hydrogen) atoms. The van der Waals surface area contributed by atoms with Crippen molar-refractivity contribution in [1.29, 1.82) is 0 Å². The Morgan fingerprint density at radius 2 is 2.00 bits per heavy atom. The predicted octanol–water partition coefficient (Wildman–Crippen LogP) is 1.56. The van der Waals surface area contributed by atoms with Gasteiger partial charge in [0.05, 0.1) is 22.8 Å². The fourth-order valence-electron chi connectivity index (χ4n) is 1.87. The molecule has 0 amide bonds. The van der Waals surface area contributed by atoms with E-state index in [1.807, 2.05) is 0 Å². The monoisotopic (exact) mass is 298 g/mol. The van der Waals surface area contributed by atoms with E-state index in [4.69, 9.17) is 5.73 Å². The summed E-state index contributed by atoms with van der Waals surface area (Å²) in [5.74, 6) is -0.588. The summed E-state index contributed by atoms with van der Waals surface area (Å²) < 4.78 is 41.6. The molecule has 108 valence electrons. The van der Waals surface area contributed by atoms with E-state index in [1.165, 1.54) is 0 Å². The van der Waals surface area contributed by atoms with Gasteiger partial charge in [-0.2, -0.15) is 5.10 Å². The lowest BCUT2D eigenvalue weighted by molar-refractivity contribution is 0.600. The average Bonchev–Trinajstić information content (AvgIpc) is 2.55. The molecular weight excluding hydrogens is 283 g/mol. The van der Waals surface area contributed by atoms with Crippen molar-refractivity contribution in [3.05, 3.63) is 35.4 Å². The van der Waals surface area contributed by atoms with Gasteiger partial charge in [-0.1, -0.05) is 0 Å². The zero-order valence-electron chi connectivity index (χ0n) is 11.3. The molecule has 0 bridgehead atoms. The van der Waals surface area contributed by atoms with Crippen LogP contribution in [-0.4, -0.2) is 18.2 Å². The van der Waals surface area contributed by atoms with Gasteiger partial charge in [-0.15, -0.1) is 0 Å². The Hall–Kier alpha value is -2.09. The molecule has 0 aliphatic heterocycles. The van der Waals surface area contributed by atoms with E-state index in [0.29, 0.717) is 17.1 Å². The first-order chi connectivity index (χ1) is 9.22. The van der Waals surface area contributed by atoms with Gasteiger partial charge in [-0.25, -0.2) is 12.8 Å². The number of sulfonamides is 1. The van der Waals surface area contributed by atoms with E-state index in [9.17, 15) is 12.8 Å². The number of rotatable bonds is 3. The van der Waals surface area contributed by atoms with Gasteiger partial charge < -0.3 is 5.73 Å². The molecule has 3 N–H and O–H groups in total. The van der Waals surface area contributed by atoms with Crippen LogP contribution in [-0.2, 0) is 17.1 Å². The molecule has 8 heteroatoms. The molecule has 0 radical (unpaired) electrons. The largest absolute Gasteiger partial charge is 0.398 e. The zero-order chi connectivity index (χ0) is 15.1. The highest BCUT2D eigenvalue weighted by Crippen LogP contribution is 2.25. The van der Waals surface area contributed by atoms with Crippen molar-refractivity contribution in [2.75, 3.05) is 10.5 Å². The van der Waals surface area contributed by atoms with E-state index in [0.717, 1.165) is 18.2 Å². The lowest BCUT2D eigenvalue weighted by Gasteiger charge is -2.10. The average molecular weight is 298 g/mol. The highest BCUT2D eigenvalue weighted by Gasteiger charge is 2.21. The predicted molar refractivity (Wildman–Crippen MR) is 74.3 cm³/mol. The quantitative estimate of drug-likeness (QED) is 0.841. The summed E-state index contributed by atoms with van der Waals surface area (Å²) in [6, 6.07) is 3.15. The molecule has 1 aromatic carbocycles. The maximum atomic E-state index is 13.0. The molecule has 0 saturated heterocycles. The first-order valence-electron chi connectivity index (χ1n) is 5.80. The van der Waals surface area contributed by atoms with Crippen LogP contribution in [0.3, 0.4) is 0 Å². The molecule has 2 rings (SSSR count). The highest BCUT2D eigenvalue weighted by molar-refractivity contribution is 7.92. The van der Waals surface area contributed by atoms with Crippen molar-refractivity contribution in [3.63, 3.8) is 0 Å². The van der Waals surface area contributed by atoms with Gasteiger partial charge in [0.2, 0.25) is 0 Å². The van der Waals surface area contributed by atoms with E-state index in [-0.39, 0.29) is 10.6 Å². The van der Waals surface area contributed by atoms with Crippen LogP contribution in [0.1, 0.15) is 11.4 Å². The molecular formula is C12H15FN4O2S. The van der Waals surface area contributed by atoms with Crippen molar-refractivity contribution in [3.8, 4) is 0 Å². The summed E-state index contributed by atoms with van der Waals surface area (Å²) in [6.45, 7) is 3.44. The van der Waals surface area contributed by atoms with Gasteiger partial charge in [0.15, 0.2) is 0 Å². The Labute approximate surface area is 116 Å². The Morgan fingerprint density at radius 3 is 2.50 bits per heavy atom. The number of halogens is 1. The van der Waals surface area contributed by atoms with Gasteiger partial charge in [0, 0.05) is 7.05 Å². The van der Waals surface area contributed by atoms with Crippen molar-refractivity contribution in [2.24, 2.45) is 7.05 Å². The van der Waals surface area contributed by atoms with Crippen LogP contribution in [0, 0.1) is 19.7 Å². The second-order valence-electron chi connectivity index (χ2n) is 4.46. The van der Waals surface area contributed by atoms with Crippen LogP contribution < -0.4 is 10.5 Å². The fraction of sp³-hybridized carbons (Fsp3) is 0.250. The molecule has 1 aromatic heterocycles. The van der Waals surface area contributed by atoms with Gasteiger partial charge in [0.1, 0.15) is 10.7 Å². The van der Waals surface area contributed by atoms with Gasteiger partial charge >= 0.3 is 0 Å². The zero-order valence-corrected chi connectivity index (χ0v) is 12.1. The first-order valence-corrected chi connectivity index (χ1v) is 7.28. The third-order valence-electron chi connectivity index (χ3n) is 3.01. The second kappa shape index (κ2) is 4.78. The summed E-state index contributed by atoms with van der Waals surface area (Å²) in [7, 11) is -2.17. The maximum absolute atomic E-state index is 13.0. The van der Waals surface area contributed by atoms with Crippen molar-refractivity contribution >= 4 is 21.4 Å². The van der Waals surface area contributed by atoms with Crippen LogP contribution in [0.2, 0.25) is 0 Å². The Balaban J connectivity index is 2.46. The summed E-state index contributed by atoms with van der Waals surface area (Å²) in [5.41, 5.74) is 7.04. The lowest BCUT2D eigenvalue weighted by Crippen LogP contribution is -2.16. The molecule has 0 unspecified atom stereocenters. The van der Waals surface area contributed by atoms with Crippen LogP contribution >= 0.6 is 0 Å². The van der Waals surface area contributed by atoms with E-state index in [1.54, 1.807) is 25.6 Å². The summed E-state index contributed by atoms with van der Waals surface area (Å²) in [5, 5.41) is 4.12. The minimum Gasteiger partial charge on any atom is -0.398 e. The van der Waals surface area contributed by atoms with Gasteiger partial charge in [-0.05, 0) is 32.0 Å². The molecule has 0 atom stereocenters. The van der Waals surface area contributed by atoms with Crippen LogP contribution in [0.15, 0.2) is 23.1 Å². The highest BCUT2D eigenvalue weighted by atomic mass is 32.2. The van der Waals surface area contributed by atoms with Crippen molar-refractivity contribution in [2.45, 2.75) is 18.7 Å². The molecule has 0 spiro atoms. The number of hydrogen-bond acceptors (Lipinski definition) is 4. The van der Waals surface area contributed by atoms with E-state index in [2.05, 4.69) is 9.82 Å². The van der Waals surface area contributed by atoms with Gasteiger partial charge in [0.25, 0.3) is 10.0 Å². The topological polar surface area (TPSA) is 90.0 Å². The number of aryl methyl sites for hydroxylation is 2. The number of nitrogens with one attached hydrogen (secondary N) is 1. The molecule has 2 aromatic rings. The van der Waals surface area contributed by atoms with Crippen LogP contribution in [0.4, 0.5) is 15.8 Å². The number of hydrogen-bond donors (Lipinski definition) is 2. The fourth-order valence-corrected chi connectivity index (χ4v) is 3.17. The number of aromatic nitrogens is 2. The number of nitrogens with two attached hydrogens (primary N) is 1. The maximum Gasteiger partial charge on any atom is 0.264 e. The minimum atomic E-state index is -3.89. The molecule has 6 nitrogen and oxygen atoms in total. The van der Waals surface area contributed by atoms with Crippen LogP contribution in [0.5, 0.6) is 0 Å². The number of benzene rings is 1. The molecule has 0 aliphatic rings. The number of nitrogens with zero attached hydrogens (tertiary/aromatic N) is 2. The van der Waals surface area contributed by atoms with Gasteiger partial charge in [-0.3, -0.25) is 9.40 Å². The molecule has 0 saturated carbocycles. The standard InChI is InChI=1S/C12H15FN4O2S/c1-7-12(8(2)17(3)15-7)16-20(18,19)11-5-4-9(13)6-10(11)14/h4-6,16H,14H2,1-3H3. The second-order valence-corrected chi connectivity index (χ2v) is 6.11. The summed E-state index contributed by atoms with van der Waals surface area (Å²) in [6.07, 6.45) is 0. The number of anilines is 2. The Bertz CT molecular complexity index is 768. The Kier molecular flexibility index (Phi) is 3.43. The third-order valence-corrected chi connectivity index (χ3v) is 4.43. The van der Waals surface area contributed by atoms with E-state index < -0.39 is 15.8 Å². The molecule has 1 heterocycles. The summed E-state index contributed by atoms with van der Waals surface area (Å²) >= 11 is 0. The molecule has 0 aliphatic carbocycles.